The number of allylic oxidation sites excluding steroid dienone is 2. The van der Waals surface area contributed by atoms with Crippen molar-refractivity contribution in [1.29, 1.82) is 0 Å². The highest BCUT2D eigenvalue weighted by molar-refractivity contribution is 6.05. The lowest BCUT2D eigenvalue weighted by atomic mass is 9.74. The highest BCUT2D eigenvalue weighted by Crippen LogP contribution is 2.51. The number of aryl methyl sites for hydroxylation is 1. The van der Waals surface area contributed by atoms with Gasteiger partial charge in [-0.2, -0.15) is 5.10 Å². The Bertz CT molecular complexity index is 1110. The Balaban J connectivity index is 1.91. The SMILES string of the molecule is Cn1nc(C(=O)C23CCC(C2)C(=O)C=C3O)c(=O)n(-c2ccccc2)c1=O. The third-order valence-corrected chi connectivity index (χ3v) is 5.47. The molecule has 2 unspecified atom stereocenters. The first-order chi connectivity index (χ1) is 12.8. The van der Waals surface area contributed by atoms with Gasteiger partial charge in [0.2, 0.25) is 5.78 Å². The van der Waals surface area contributed by atoms with E-state index in [0.717, 1.165) is 15.3 Å². The molecule has 0 spiro atoms. The van der Waals surface area contributed by atoms with E-state index in [1.807, 2.05) is 0 Å². The first kappa shape index (κ1) is 17.1. The van der Waals surface area contributed by atoms with E-state index >= 15 is 0 Å². The minimum atomic E-state index is -1.32. The zero-order valence-electron chi connectivity index (χ0n) is 14.6. The van der Waals surface area contributed by atoms with Crippen LogP contribution in [0.4, 0.5) is 0 Å². The van der Waals surface area contributed by atoms with E-state index in [0.29, 0.717) is 12.1 Å². The summed E-state index contributed by atoms with van der Waals surface area (Å²) in [7, 11) is 1.35. The third kappa shape index (κ3) is 2.40. The molecule has 2 aromatic rings. The first-order valence-corrected chi connectivity index (χ1v) is 8.61. The summed E-state index contributed by atoms with van der Waals surface area (Å²) in [5, 5.41) is 14.3. The summed E-state index contributed by atoms with van der Waals surface area (Å²) >= 11 is 0. The molecule has 1 aromatic heterocycles. The molecule has 0 radical (unpaired) electrons. The quantitative estimate of drug-likeness (QED) is 0.808. The number of aliphatic hydroxyl groups excluding tert-OH is 1. The number of nitrogens with zero attached hydrogens (tertiary/aromatic N) is 3. The summed E-state index contributed by atoms with van der Waals surface area (Å²) in [5.41, 5.74) is -2.94. The van der Waals surface area contributed by atoms with E-state index in [9.17, 15) is 24.3 Å². The van der Waals surface area contributed by atoms with Crippen molar-refractivity contribution in [2.24, 2.45) is 18.4 Å². The van der Waals surface area contributed by atoms with E-state index in [4.69, 9.17) is 0 Å². The van der Waals surface area contributed by atoms with Gasteiger partial charge in [0.25, 0.3) is 5.56 Å². The average molecular weight is 367 g/mol. The number of Topliss-reactive ketones (excluding diaryl/α,β-unsaturated/α-hetero) is 1. The minimum absolute atomic E-state index is 0.155. The van der Waals surface area contributed by atoms with Crippen LogP contribution in [0.25, 0.3) is 5.69 Å². The second kappa shape index (κ2) is 5.87. The predicted molar refractivity (Wildman–Crippen MR) is 94.9 cm³/mol. The van der Waals surface area contributed by atoms with Crippen LogP contribution in [0.2, 0.25) is 0 Å². The van der Waals surface area contributed by atoms with Crippen molar-refractivity contribution >= 4 is 11.6 Å². The maximum Gasteiger partial charge on any atom is 0.351 e. The molecule has 4 rings (SSSR count). The molecule has 27 heavy (non-hydrogen) atoms. The highest BCUT2D eigenvalue weighted by atomic mass is 16.3. The van der Waals surface area contributed by atoms with E-state index < -0.39 is 28.1 Å². The number of hydrogen-bond acceptors (Lipinski definition) is 6. The molecule has 8 heteroatoms. The fourth-order valence-electron chi connectivity index (χ4n) is 3.98. The van der Waals surface area contributed by atoms with Crippen LogP contribution in [0.1, 0.15) is 29.8 Å². The average Bonchev–Trinajstić information content (AvgIpc) is 3.07. The summed E-state index contributed by atoms with van der Waals surface area (Å²) in [6.45, 7) is 0. The number of para-hydroxylation sites is 1. The molecular formula is C19H17N3O5. The molecule has 8 nitrogen and oxygen atoms in total. The van der Waals surface area contributed by atoms with Gasteiger partial charge in [-0.25, -0.2) is 14.0 Å². The van der Waals surface area contributed by atoms with E-state index in [1.165, 1.54) is 7.05 Å². The van der Waals surface area contributed by atoms with Crippen LogP contribution in [0, 0.1) is 11.3 Å². The summed E-state index contributed by atoms with van der Waals surface area (Å²) in [4.78, 5) is 50.6. The molecule has 2 atom stereocenters. The van der Waals surface area contributed by atoms with Crippen molar-refractivity contribution in [3.63, 3.8) is 0 Å². The van der Waals surface area contributed by atoms with Crippen molar-refractivity contribution in [3.05, 3.63) is 68.7 Å². The number of ketones is 2. The number of hydrogen-bond donors (Lipinski definition) is 1. The molecule has 1 aromatic carbocycles. The van der Waals surface area contributed by atoms with Gasteiger partial charge in [0.15, 0.2) is 11.5 Å². The molecule has 0 aliphatic heterocycles. The molecule has 2 aliphatic carbocycles. The van der Waals surface area contributed by atoms with Crippen molar-refractivity contribution in [2.45, 2.75) is 19.3 Å². The molecule has 0 amide bonds. The topological polar surface area (TPSA) is 111 Å². The number of fused-ring (bicyclic) bond motifs is 2. The third-order valence-electron chi connectivity index (χ3n) is 5.47. The molecule has 1 heterocycles. The highest BCUT2D eigenvalue weighted by Gasteiger charge is 2.54. The van der Waals surface area contributed by atoms with Gasteiger partial charge in [-0.05, 0) is 31.4 Å². The Hall–Kier alpha value is -3.29. The van der Waals surface area contributed by atoms with Crippen LogP contribution in [-0.4, -0.2) is 31.0 Å². The normalized spacial score (nSPS) is 24.0. The summed E-state index contributed by atoms with van der Waals surface area (Å²) in [5.74, 6) is -1.53. The smallest absolute Gasteiger partial charge is 0.351 e. The number of carbonyl (C=O) groups is 2. The standard InChI is InChI=1S/C19H17N3O5/c1-21-18(27)22(12-5-3-2-4-6-12)17(26)15(20-21)16(25)19-8-7-11(10-19)13(23)9-14(19)24/h2-6,9,11,24H,7-8,10H2,1H3. The number of aromatic nitrogens is 3. The number of rotatable bonds is 3. The number of aliphatic hydroxyl groups is 1. The lowest BCUT2D eigenvalue weighted by molar-refractivity contribution is -0.118. The van der Waals surface area contributed by atoms with Crippen LogP contribution in [-0.2, 0) is 11.8 Å². The minimum Gasteiger partial charge on any atom is -0.511 e. The zero-order valence-corrected chi connectivity index (χ0v) is 14.6. The molecule has 2 aliphatic rings. The molecule has 138 valence electrons. The zero-order chi connectivity index (χ0) is 19.3. The second-order valence-corrected chi connectivity index (χ2v) is 7.01. The van der Waals surface area contributed by atoms with Gasteiger partial charge in [-0.3, -0.25) is 14.4 Å². The first-order valence-electron chi connectivity index (χ1n) is 8.61. The summed E-state index contributed by atoms with van der Waals surface area (Å²) in [6.07, 6.45) is 1.96. The van der Waals surface area contributed by atoms with Gasteiger partial charge in [0.1, 0.15) is 5.76 Å². The van der Waals surface area contributed by atoms with Crippen LogP contribution in [0.3, 0.4) is 0 Å². The van der Waals surface area contributed by atoms with Crippen molar-refractivity contribution in [2.75, 3.05) is 0 Å². The Morgan fingerprint density at radius 3 is 2.63 bits per heavy atom. The molecule has 1 saturated carbocycles. The van der Waals surface area contributed by atoms with E-state index in [2.05, 4.69) is 5.10 Å². The number of carbonyl (C=O) groups excluding carboxylic acids is 2. The molecule has 2 bridgehead atoms. The van der Waals surface area contributed by atoms with Crippen LogP contribution in [0.15, 0.2) is 51.8 Å². The maximum absolute atomic E-state index is 13.3. The van der Waals surface area contributed by atoms with Crippen molar-refractivity contribution in [1.82, 2.24) is 14.3 Å². The molecule has 0 saturated heterocycles. The Kier molecular flexibility index (Phi) is 3.73. The van der Waals surface area contributed by atoms with E-state index in [1.54, 1.807) is 30.3 Å². The lowest BCUT2D eigenvalue weighted by Crippen LogP contribution is -2.46. The number of benzene rings is 1. The van der Waals surface area contributed by atoms with Crippen LogP contribution >= 0.6 is 0 Å². The van der Waals surface area contributed by atoms with Gasteiger partial charge in [-0.1, -0.05) is 18.2 Å². The maximum atomic E-state index is 13.3. The van der Waals surface area contributed by atoms with Gasteiger partial charge in [0, 0.05) is 19.0 Å². The fraction of sp³-hybridized carbons (Fsp3) is 0.316. The Morgan fingerprint density at radius 2 is 1.93 bits per heavy atom. The summed E-state index contributed by atoms with van der Waals surface area (Å²) in [6, 6.07) is 8.25. The predicted octanol–water partition coefficient (Wildman–Crippen LogP) is 0.925. The van der Waals surface area contributed by atoms with Gasteiger partial charge >= 0.3 is 5.69 Å². The second-order valence-electron chi connectivity index (χ2n) is 7.01. The van der Waals surface area contributed by atoms with Crippen LogP contribution in [0.5, 0.6) is 0 Å². The molecular weight excluding hydrogens is 350 g/mol. The Morgan fingerprint density at radius 1 is 1.22 bits per heavy atom. The van der Waals surface area contributed by atoms with Gasteiger partial charge in [-0.15, -0.1) is 0 Å². The van der Waals surface area contributed by atoms with Crippen molar-refractivity contribution in [3.8, 4) is 5.69 Å². The van der Waals surface area contributed by atoms with E-state index in [-0.39, 0.29) is 30.3 Å². The fourth-order valence-corrected chi connectivity index (χ4v) is 3.98. The van der Waals surface area contributed by atoms with Crippen LogP contribution < -0.4 is 11.2 Å². The monoisotopic (exact) mass is 367 g/mol. The molecule has 1 fully saturated rings. The van der Waals surface area contributed by atoms with Gasteiger partial charge in [0.05, 0.1) is 11.1 Å². The Labute approximate surface area is 153 Å². The molecule has 1 N–H and O–H groups in total. The summed E-state index contributed by atoms with van der Waals surface area (Å²) < 4.78 is 1.82. The largest absolute Gasteiger partial charge is 0.511 e. The van der Waals surface area contributed by atoms with Crippen molar-refractivity contribution < 1.29 is 14.7 Å². The lowest BCUT2D eigenvalue weighted by Gasteiger charge is -2.29. The van der Waals surface area contributed by atoms with Gasteiger partial charge < -0.3 is 5.11 Å².